The fraction of sp³-hybridized carbons (Fsp3) is 0.600. The topological polar surface area (TPSA) is 49.4 Å². The Bertz CT molecular complexity index is 585. The summed E-state index contributed by atoms with van der Waals surface area (Å²) in [5.74, 6) is 0.555. The fourth-order valence-electron chi connectivity index (χ4n) is 3.87. The first-order valence-corrected chi connectivity index (χ1v) is 9.30. The van der Waals surface area contributed by atoms with E-state index in [1.54, 1.807) is 0 Å². The highest BCUT2D eigenvalue weighted by molar-refractivity contribution is 5.94. The number of nitrogens with zero attached hydrogens (tertiary/aromatic N) is 1. The van der Waals surface area contributed by atoms with Crippen molar-refractivity contribution in [3.8, 4) is 0 Å². The summed E-state index contributed by atoms with van der Waals surface area (Å²) < 4.78 is 0. The van der Waals surface area contributed by atoms with Crippen LogP contribution in [0.15, 0.2) is 24.3 Å². The lowest BCUT2D eigenvalue weighted by Gasteiger charge is -2.33. The number of rotatable bonds is 3. The molecule has 0 unspecified atom stereocenters. The SMILES string of the molecule is Cc1cccc(C(=O)N2CCC(NC(=O)C3CCCCC3)CC2)c1. The number of hydrogen-bond donors (Lipinski definition) is 1. The molecule has 130 valence electrons. The molecule has 2 aliphatic rings. The molecule has 1 aliphatic carbocycles. The molecule has 0 atom stereocenters. The van der Waals surface area contributed by atoms with Crippen molar-refractivity contribution in [2.75, 3.05) is 13.1 Å². The van der Waals surface area contributed by atoms with E-state index in [-0.39, 0.29) is 23.8 Å². The molecule has 24 heavy (non-hydrogen) atoms. The first-order chi connectivity index (χ1) is 11.6. The number of piperidine rings is 1. The van der Waals surface area contributed by atoms with Gasteiger partial charge >= 0.3 is 0 Å². The Labute approximate surface area is 144 Å². The summed E-state index contributed by atoms with van der Waals surface area (Å²) in [5.41, 5.74) is 1.87. The van der Waals surface area contributed by atoms with Crippen LogP contribution < -0.4 is 5.32 Å². The maximum absolute atomic E-state index is 12.6. The summed E-state index contributed by atoms with van der Waals surface area (Å²) in [6.45, 7) is 3.45. The Balaban J connectivity index is 1.48. The van der Waals surface area contributed by atoms with Crippen molar-refractivity contribution in [1.29, 1.82) is 0 Å². The molecule has 0 aromatic heterocycles. The Morgan fingerprint density at radius 1 is 1.04 bits per heavy atom. The second kappa shape index (κ2) is 7.82. The molecule has 1 saturated heterocycles. The Hall–Kier alpha value is -1.84. The number of aryl methyl sites for hydroxylation is 1. The zero-order chi connectivity index (χ0) is 16.9. The summed E-state index contributed by atoms with van der Waals surface area (Å²) in [7, 11) is 0. The number of benzene rings is 1. The maximum Gasteiger partial charge on any atom is 0.253 e. The van der Waals surface area contributed by atoms with Gasteiger partial charge in [0.25, 0.3) is 5.91 Å². The van der Waals surface area contributed by atoms with Crippen LogP contribution in [0, 0.1) is 12.8 Å². The van der Waals surface area contributed by atoms with Crippen molar-refractivity contribution in [3.63, 3.8) is 0 Å². The van der Waals surface area contributed by atoms with Gasteiger partial charge in [0.2, 0.25) is 5.91 Å². The van der Waals surface area contributed by atoms with Crippen molar-refractivity contribution in [2.24, 2.45) is 5.92 Å². The van der Waals surface area contributed by atoms with Crippen molar-refractivity contribution in [1.82, 2.24) is 10.2 Å². The largest absolute Gasteiger partial charge is 0.353 e. The van der Waals surface area contributed by atoms with E-state index in [1.807, 2.05) is 36.1 Å². The fourth-order valence-corrected chi connectivity index (χ4v) is 3.87. The minimum absolute atomic E-state index is 0.107. The molecule has 1 aromatic carbocycles. The zero-order valence-electron chi connectivity index (χ0n) is 14.6. The van der Waals surface area contributed by atoms with Gasteiger partial charge in [-0.2, -0.15) is 0 Å². The predicted molar refractivity (Wildman–Crippen MR) is 94.8 cm³/mol. The first-order valence-electron chi connectivity index (χ1n) is 9.30. The lowest BCUT2D eigenvalue weighted by Crippen LogP contribution is -2.48. The third-order valence-electron chi connectivity index (χ3n) is 5.37. The lowest BCUT2D eigenvalue weighted by molar-refractivity contribution is -0.126. The van der Waals surface area contributed by atoms with Crippen LogP contribution in [0.3, 0.4) is 0 Å². The van der Waals surface area contributed by atoms with Crippen LogP contribution in [0.5, 0.6) is 0 Å². The molecule has 1 aliphatic heterocycles. The summed E-state index contributed by atoms with van der Waals surface area (Å²) >= 11 is 0. The van der Waals surface area contributed by atoms with E-state index in [2.05, 4.69) is 5.32 Å². The molecule has 0 spiro atoms. The van der Waals surface area contributed by atoms with E-state index in [9.17, 15) is 9.59 Å². The van der Waals surface area contributed by atoms with E-state index < -0.39 is 0 Å². The van der Waals surface area contributed by atoms with E-state index >= 15 is 0 Å². The molecule has 0 radical (unpaired) electrons. The third-order valence-corrected chi connectivity index (χ3v) is 5.37. The monoisotopic (exact) mass is 328 g/mol. The second-order valence-corrected chi connectivity index (χ2v) is 7.28. The number of carbonyl (C=O) groups is 2. The molecule has 3 rings (SSSR count). The number of hydrogen-bond acceptors (Lipinski definition) is 2. The van der Waals surface area contributed by atoms with Gasteiger partial charge in [0.05, 0.1) is 0 Å². The van der Waals surface area contributed by atoms with Crippen molar-refractivity contribution >= 4 is 11.8 Å². The summed E-state index contributed by atoms with van der Waals surface area (Å²) in [4.78, 5) is 26.8. The molecule has 1 aromatic rings. The molecular formula is C20H28N2O2. The van der Waals surface area contributed by atoms with Crippen molar-refractivity contribution < 1.29 is 9.59 Å². The van der Waals surface area contributed by atoms with Crippen LogP contribution in [0.4, 0.5) is 0 Å². The molecule has 2 amide bonds. The minimum Gasteiger partial charge on any atom is -0.353 e. The van der Waals surface area contributed by atoms with Crippen LogP contribution in [0.25, 0.3) is 0 Å². The molecule has 1 N–H and O–H groups in total. The summed E-state index contributed by atoms with van der Waals surface area (Å²) in [6.07, 6.45) is 7.42. The predicted octanol–water partition coefficient (Wildman–Crippen LogP) is 3.30. The van der Waals surface area contributed by atoms with Gasteiger partial charge in [0.15, 0.2) is 0 Å². The minimum atomic E-state index is 0.107. The molecule has 4 nitrogen and oxygen atoms in total. The maximum atomic E-state index is 12.6. The molecule has 2 fully saturated rings. The summed E-state index contributed by atoms with van der Waals surface area (Å²) in [5, 5.41) is 3.22. The van der Waals surface area contributed by atoms with Crippen LogP contribution in [-0.4, -0.2) is 35.8 Å². The first kappa shape index (κ1) is 17.0. The third kappa shape index (κ3) is 4.16. The normalized spacial score (nSPS) is 20.0. The van der Waals surface area contributed by atoms with Gasteiger partial charge in [-0.3, -0.25) is 9.59 Å². The van der Waals surface area contributed by atoms with Gasteiger partial charge in [-0.05, 0) is 44.7 Å². The van der Waals surface area contributed by atoms with Crippen LogP contribution in [-0.2, 0) is 4.79 Å². The number of carbonyl (C=O) groups excluding carboxylic acids is 2. The Morgan fingerprint density at radius 2 is 1.75 bits per heavy atom. The average Bonchev–Trinajstić information content (AvgIpc) is 2.62. The number of likely N-dealkylation sites (tertiary alicyclic amines) is 1. The van der Waals surface area contributed by atoms with Gasteiger partial charge in [-0.15, -0.1) is 0 Å². The average molecular weight is 328 g/mol. The smallest absolute Gasteiger partial charge is 0.253 e. The Kier molecular flexibility index (Phi) is 5.54. The second-order valence-electron chi connectivity index (χ2n) is 7.28. The molecule has 1 heterocycles. The molecule has 4 heteroatoms. The van der Waals surface area contributed by atoms with Crippen LogP contribution >= 0.6 is 0 Å². The van der Waals surface area contributed by atoms with Gasteiger partial charge in [-0.25, -0.2) is 0 Å². The molecular weight excluding hydrogens is 300 g/mol. The number of amides is 2. The van der Waals surface area contributed by atoms with Crippen LogP contribution in [0.2, 0.25) is 0 Å². The molecule has 0 bridgehead atoms. The van der Waals surface area contributed by atoms with Gasteiger partial charge in [0.1, 0.15) is 0 Å². The molecule has 1 saturated carbocycles. The zero-order valence-corrected chi connectivity index (χ0v) is 14.6. The highest BCUT2D eigenvalue weighted by atomic mass is 16.2. The van der Waals surface area contributed by atoms with Crippen molar-refractivity contribution in [3.05, 3.63) is 35.4 Å². The quantitative estimate of drug-likeness (QED) is 0.925. The van der Waals surface area contributed by atoms with Gasteiger partial charge < -0.3 is 10.2 Å². The highest BCUT2D eigenvalue weighted by Gasteiger charge is 2.27. The van der Waals surface area contributed by atoms with E-state index in [4.69, 9.17) is 0 Å². The van der Waals surface area contributed by atoms with Crippen LogP contribution in [0.1, 0.15) is 60.9 Å². The Morgan fingerprint density at radius 3 is 2.42 bits per heavy atom. The van der Waals surface area contributed by atoms with Gasteiger partial charge in [0, 0.05) is 30.6 Å². The highest BCUT2D eigenvalue weighted by Crippen LogP contribution is 2.24. The van der Waals surface area contributed by atoms with E-state index in [0.717, 1.165) is 49.9 Å². The van der Waals surface area contributed by atoms with E-state index in [1.165, 1.54) is 19.3 Å². The van der Waals surface area contributed by atoms with Gasteiger partial charge in [-0.1, -0.05) is 37.0 Å². The lowest BCUT2D eigenvalue weighted by atomic mass is 9.88. The summed E-state index contributed by atoms with van der Waals surface area (Å²) in [6, 6.07) is 7.98. The number of nitrogens with one attached hydrogen (secondary N) is 1. The standard InChI is InChI=1S/C20H28N2O2/c1-15-6-5-9-17(14-15)20(24)22-12-10-18(11-13-22)21-19(23)16-7-3-2-4-8-16/h5-6,9,14,16,18H,2-4,7-8,10-13H2,1H3,(H,21,23). The van der Waals surface area contributed by atoms with E-state index in [0.29, 0.717) is 0 Å². The van der Waals surface area contributed by atoms with Crippen molar-refractivity contribution in [2.45, 2.75) is 57.9 Å².